The summed E-state index contributed by atoms with van der Waals surface area (Å²) < 4.78 is 11.1. The van der Waals surface area contributed by atoms with Gasteiger partial charge in [-0.05, 0) is 25.0 Å². The summed E-state index contributed by atoms with van der Waals surface area (Å²) in [6.45, 7) is 4.71. The van der Waals surface area contributed by atoms with E-state index in [0.29, 0.717) is 12.0 Å². The minimum absolute atomic E-state index is 0.469. The van der Waals surface area contributed by atoms with Crippen molar-refractivity contribution >= 4 is 5.82 Å². The molecule has 3 heterocycles. The predicted octanol–water partition coefficient (Wildman–Crippen LogP) is 1.62. The summed E-state index contributed by atoms with van der Waals surface area (Å²) in [5.74, 6) is 2.57. The highest BCUT2D eigenvalue weighted by Gasteiger charge is 2.38. The molecule has 1 aromatic rings. The van der Waals surface area contributed by atoms with Crippen LogP contribution < -0.4 is 9.64 Å². The highest BCUT2D eigenvalue weighted by molar-refractivity contribution is 5.59. The van der Waals surface area contributed by atoms with Gasteiger partial charge in [0, 0.05) is 25.8 Å². The van der Waals surface area contributed by atoms with Gasteiger partial charge in [0.1, 0.15) is 6.61 Å². The van der Waals surface area contributed by atoms with Crippen molar-refractivity contribution in [2.75, 3.05) is 31.8 Å². The lowest BCUT2D eigenvalue weighted by Gasteiger charge is -2.32. The van der Waals surface area contributed by atoms with Crippen LogP contribution in [0.4, 0.5) is 5.82 Å². The lowest BCUT2D eigenvalue weighted by molar-refractivity contribution is 0.157. The molecule has 3 rings (SSSR count). The molecule has 4 heteroatoms. The van der Waals surface area contributed by atoms with Crippen molar-refractivity contribution < 1.29 is 9.47 Å². The number of nitrogens with zero attached hydrogens (tertiary/aromatic N) is 2. The van der Waals surface area contributed by atoms with Crippen LogP contribution in [-0.4, -0.2) is 37.9 Å². The van der Waals surface area contributed by atoms with Crippen molar-refractivity contribution in [1.29, 1.82) is 0 Å². The summed E-state index contributed by atoms with van der Waals surface area (Å²) in [6.07, 6.45) is 3.01. The SMILES string of the molecule is COCC1CC2COc3c(C)ccnc3N2C1. The normalized spacial score (nSPS) is 26.4. The van der Waals surface area contributed by atoms with Gasteiger partial charge in [-0.2, -0.15) is 0 Å². The van der Waals surface area contributed by atoms with Gasteiger partial charge in [-0.1, -0.05) is 0 Å². The van der Waals surface area contributed by atoms with Gasteiger partial charge in [0.2, 0.25) is 0 Å². The van der Waals surface area contributed by atoms with E-state index >= 15 is 0 Å². The van der Waals surface area contributed by atoms with Gasteiger partial charge in [0.05, 0.1) is 12.6 Å². The average Bonchev–Trinajstić information content (AvgIpc) is 2.73. The summed E-state index contributed by atoms with van der Waals surface area (Å²) in [5, 5.41) is 0. The van der Waals surface area contributed by atoms with Gasteiger partial charge in [0.25, 0.3) is 0 Å². The summed E-state index contributed by atoms with van der Waals surface area (Å²) in [6, 6.07) is 2.47. The van der Waals surface area contributed by atoms with E-state index in [4.69, 9.17) is 9.47 Å². The third-order valence-electron chi connectivity index (χ3n) is 3.68. The molecule has 0 aliphatic carbocycles. The number of hydrogen-bond acceptors (Lipinski definition) is 4. The van der Waals surface area contributed by atoms with E-state index in [0.717, 1.165) is 37.7 Å². The van der Waals surface area contributed by atoms with E-state index < -0.39 is 0 Å². The second-order valence-electron chi connectivity index (χ2n) is 4.95. The van der Waals surface area contributed by atoms with Crippen LogP contribution in [0, 0.1) is 12.8 Å². The number of aryl methyl sites for hydroxylation is 1. The molecule has 2 atom stereocenters. The molecule has 0 spiro atoms. The lowest BCUT2D eigenvalue weighted by atomic mass is 10.1. The largest absolute Gasteiger partial charge is 0.487 e. The van der Waals surface area contributed by atoms with Crippen molar-refractivity contribution in [1.82, 2.24) is 4.98 Å². The highest BCUT2D eigenvalue weighted by atomic mass is 16.5. The number of anilines is 1. The van der Waals surface area contributed by atoms with Crippen LogP contribution in [0.15, 0.2) is 12.3 Å². The van der Waals surface area contributed by atoms with E-state index in [9.17, 15) is 0 Å². The molecule has 0 amide bonds. The zero-order valence-electron chi connectivity index (χ0n) is 10.3. The molecule has 2 unspecified atom stereocenters. The highest BCUT2D eigenvalue weighted by Crippen LogP contribution is 2.39. The number of pyridine rings is 1. The van der Waals surface area contributed by atoms with Crippen LogP contribution in [0.25, 0.3) is 0 Å². The Labute approximate surface area is 102 Å². The van der Waals surface area contributed by atoms with Gasteiger partial charge >= 0.3 is 0 Å². The second-order valence-corrected chi connectivity index (χ2v) is 4.95. The molecule has 2 aliphatic heterocycles. The molecule has 4 nitrogen and oxygen atoms in total. The number of rotatable bonds is 2. The minimum atomic E-state index is 0.469. The Morgan fingerprint density at radius 3 is 3.29 bits per heavy atom. The lowest BCUT2D eigenvalue weighted by Crippen LogP contribution is -2.39. The minimum Gasteiger partial charge on any atom is -0.487 e. The first kappa shape index (κ1) is 10.8. The fourth-order valence-corrected chi connectivity index (χ4v) is 2.88. The number of fused-ring (bicyclic) bond motifs is 3. The number of hydrogen-bond donors (Lipinski definition) is 0. The summed E-state index contributed by atoms with van der Waals surface area (Å²) in [7, 11) is 1.77. The van der Waals surface area contributed by atoms with Crippen LogP contribution in [-0.2, 0) is 4.74 Å². The van der Waals surface area contributed by atoms with Crippen LogP contribution in [0.2, 0.25) is 0 Å². The smallest absolute Gasteiger partial charge is 0.172 e. The maximum Gasteiger partial charge on any atom is 0.172 e. The zero-order valence-corrected chi connectivity index (χ0v) is 10.3. The molecular weight excluding hydrogens is 216 g/mol. The Morgan fingerprint density at radius 1 is 1.59 bits per heavy atom. The average molecular weight is 234 g/mol. The first-order valence-corrected chi connectivity index (χ1v) is 6.13. The van der Waals surface area contributed by atoms with E-state index in [1.165, 1.54) is 5.56 Å². The van der Waals surface area contributed by atoms with Crippen LogP contribution in [0.5, 0.6) is 5.75 Å². The predicted molar refractivity (Wildman–Crippen MR) is 65.6 cm³/mol. The molecule has 0 aromatic carbocycles. The molecule has 92 valence electrons. The molecule has 0 saturated carbocycles. The molecule has 0 N–H and O–H groups in total. The maximum atomic E-state index is 5.85. The fourth-order valence-electron chi connectivity index (χ4n) is 2.88. The first-order chi connectivity index (χ1) is 8.29. The summed E-state index contributed by atoms with van der Waals surface area (Å²) >= 11 is 0. The maximum absolute atomic E-state index is 5.85. The van der Waals surface area contributed by atoms with Gasteiger partial charge in [0.15, 0.2) is 11.6 Å². The molecule has 2 aliphatic rings. The Kier molecular flexibility index (Phi) is 2.67. The van der Waals surface area contributed by atoms with Crippen molar-refractivity contribution in [2.45, 2.75) is 19.4 Å². The summed E-state index contributed by atoms with van der Waals surface area (Å²) in [4.78, 5) is 6.86. The van der Waals surface area contributed by atoms with Crippen LogP contribution in [0.3, 0.4) is 0 Å². The molecule has 1 saturated heterocycles. The van der Waals surface area contributed by atoms with Gasteiger partial charge in [-0.3, -0.25) is 0 Å². The fraction of sp³-hybridized carbons (Fsp3) is 0.615. The van der Waals surface area contributed by atoms with E-state index in [1.807, 2.05) is 12.3 Å². The zero-order chi connectivity index (χ0) is 11.8. The van der Waals surface area contributed by atoms with Crippen LogP contribution in [0.1, 0.15) is 12.0 Å². The topological polar surface area (TPSA) is 34.6 Å². The van der Waals surface area contributed by atoms with E-state index in [-0.39, 0.29) is 0 Å². The molecule has 0 bridgehead atoms. The van der Waals surface area contributed by atoms with Crippen molar-refractivity contribution in [3.63, 3.8) is 0 Å². The summed E-state index contributed by atoms with van der Waals surface area (Å²) in [5.41, 5.74) is 1.17. The van der Waals surface area contributed by atoms with Gasteiger partial charge in [-0.25, -0.2) is 4.98 Å². The van der Waals surface area contributed by atoms with Crippen molar-refractivity contribution in [3.8, 4) is 5.75 Å². The van der Waals surface area contributed by atoms with Crippen LogP contribution >= 0.6 is 0 Å². The molecular formula is C13H18N2O2. The first-order valence-electron chi connectivity index (χ1n) is 6.13. The van der Waals surface area contributed by atoms with Gasteiger partial charge in [-0.15, -0.1) is 0 Å². The number of methoxy groups -OCH3 is 1. The Bertz CT molecular complexity index is 422. The molecule has 17 heavy (non-hydrogen) atoms. The quantitative estimate of drug-likeness (QED) is 0.779. The molecule has 1 fully saturated rings. The monoisotopic (exact) mass is 234 g/mol. The Morgan fingerprint density at radius 2 is 2.47 bits per heavy atom. The number of aromatic nitrogens is 1. The van der Waals surface area contributed by atoms with E-state index in [2.05, 4.69) is 16.8 Å². The molecule has 1 aromatic heterocycles. The number of ether oxygens (including phenoxy) is 2. The standard InChI is InChI=1S/C13H18N2O2/c1-9-3-4-14-13-12(9)17-8-11-5-10(7-16-2)6-15(11)13/h3-4,10-11H,5-8H2,1-2H3. The third kappa shape index (κ3) is 1.76. The molecule has 0 radical (unpaired) electrons. The third-order valence-corrected chi connectivity index (χ3v) is 3.68. The van der Waals surface area contributed by atoms with E-state index in [1.54, 1.807) is 7.11 Å². The van der Waals surface area contributed by atoms with Gasteiger partial charge < -0.3 is 14.4 Å². The van der Waals surface area contributed by atoms with Crippen molar-refractivity contribution in [3.05, 3.63) is 17.8 Å². The Balaban J connectivity index is 1.89. The second kappa shape index (κ2) is 4.18. The van der Waals surface area contributed by atoms with Crippen molar-refractivity contribution in [2.24, 2.45) is 5.92 Å². The Hall–Kier alpha value is -1.29.